The summed E-state index contributed by atoms with van der Waals surface area (Å²) in [4.78, 5) is -0.519. The van der Waals surface area contributed by atoms with Crippen LogP contribution >= 0.6 is 12.0 Å². The van der Waals surface area contributed by atoms with E-state index in [9.17, 15) is 28.4 Å². The van der Waals surface area contributed by atoms with Crippen molar-refractivity contribution in [3.8, 4) is 34.3 Å². The fourth-order valence-corrected chi connectivity index (χ4v) is 6.13. The first-order valence-electron chi connectivity index (χ1n) is 14.4. The van der Waals surface area contributed by atoms with Gasteiger partial charge in [0.1, 0.15) is 10.1 Å². The molecule has 0 saturated heterocycles. The van der Waals surface area contributed by atoms with Crippen molar-refractivity contribution in [3.63, 3.8) is 0 Å². The molecule has 0 aliphatic rings. The van der Waals surface area contributed by atoms with E-state index in [2.05, 4.69) is 40.0 Å². The van der Waals surface area contributed by atoms with Crippen LogP contribution in [-0.2, 0) is 19.5 Å². The third-order valence-corrected chi connectivity index (χ3v) is 8.70. The van der Waals surface area contributed by atoms with Gasteiger partial charge in [0.15, 0.2) is 11.4 Å². The molecule has 0 unspecified atom stereocenters. The van der Waals surface area contributed by atoms with Crippen LogP contribution in [0.15, 0.2) is 127 Å². The smallest absolute Gasteiger partial charge is 0.744 e. The molecule has 0 atom stereocenters. The van der Waals surface area contributed by atoms with E-state index in [4.69, 9.17) is 0 Å². The average Bonchev–Trinajstić information content (AvgIpc) is 3.57. The Bertz CT molecular complexity index is 2360. The summed E-state index contributed by atoms with van der Waals surface area (Å²) in [5, 5.41) is 60.8. The third-order valence-electron chi connectivity index (χ3n) is 7.18. The van der Waals surface area contributed by atoms with Gasteiger partial charge in [0.05, 0.1) is 51.1 Å². The molecule has 0 aliphatic heterocycles. The van der Waals surface area contributed by atoms with Crippen LogP contribution in [0.3, 0.4) is 0 Å². The maximum absolute atomic E-state index is 12.5. The van der Waals surface area contributed by atoms with Gasteiger partial charge in [-0.05, 0) is 67.9 Å². The summed E-state index contributed by atoms with van der Waals surface area (Å²) in [6.45, 7) is 3.26. The van der Waals surface area contributed by atoms with Crippen LogP contribution in [0.2, 0.25) is 0 Å². The van der Waals surface area contributed by atoms with Crippen molar-refractivity contribution in [2.45, 2.75) is 23.6 Å². The van der Waals surface area contributed by atoms with Gasteiger partial charge in [-0.15, -0.1) is 10.2 Å². The Morgan fingerprint density at radius 1 is 0.692 bits per heavy atom. The molecule has 0 radical (unpaired) electrons. The first-order chi connectivity index (χ1) is 24.0. The molecule has 2 N–H and O–H groups in total. The molecule has 52 heavy (non-hydrogen) atoms. The molecule has 2 aromatic heterocycles. The van der Waals surface area contributed by atoms with E-state index in [0.29, 0.717) is 34.8 Å². The zero-order chi connectivity index (χ0) is 35.4. The fraction of sp³-hybridized carbons (Fsp3) is 0.0625. The molecule has 0 spiro atoms. The zero-order valence-corrected chi connectivity index (χ0v) is 33.6. The summed E-state index contributed by atoms with van der Waals surface area (Å²) < 4.78 is 44.6. The van der Waals surface area contributed by atoms with Crippen molar-refractivity contribution < 1.29 is 96.9 Å². The van der Waals surface area contributed by atoms with E-state index in [1.54, 1.807) is 62.4 Å². The molecule has 6 rings (SSSR count). The molecule has 6 aromatic rings. The Morgan fingerprint density at radius 2 is 1.15 bits per heavy atom. The molecular weight excluding hydrogens is 735 g/mol. The van der Waals surface area contributed by atoms with Crippen LogP contribution < -0.4 is 64.4 Å². The van der Waals surface area contributed by atoms with Gasteiger partial charge in [0.2, 0.25) is 11.8 Å². The van der Waals surface area contributed by atoms with E-state index in [1.807, 2.05) is 12.1 Å². The Balaban J connectivity index is 0.00000302. The maximum Gasteiger partial charge on any atom is 1.00 e. The minimum absolute atomic E-state index is 0. The van der Waals surface area contributed by atoms with Crippen LogP contribution in [0.25, 0.3) is 22.5 Å². The van der Waals surface area contributed by atoms with E-state index < -0.39 is 15.0 Å². The van der Waals surface area contributed by atoms with Crippen LogP contribution in [0.5, 0.6) is 11.8 Å². The SMILES string of the molecule is Cc1nn(-c2ccccc2)c(O)c1N=Nc1ccc(-c2ccc(N=Nc3c(C)nn(-c4ccccc4)c3O)cc2S(=O)(=O)[O-])c(SOO[O-])c1.[Na+].[Na+]. The number of para-hydroxylation sites is 2. The summed E-state index contributed by atoms with van der Waals surface area (Å²) in [5.41, 5.74) is 2.38. The Kier molecular flexibility index (Phi) is 14.1. The maximum atomic E-state index is 12.5. The molecule has 20 heteroatoms. The number of rotatable bonds is 11. The number of aryl methyl sites for hydroxylation is 2. The van der Waals surface area contributed by atoms with E-state index in [1.165, 1.54) is 39.7 Å². The third kappa shape index (κ3) is 9.05. The van der Waals surface area contributed by atoms with Gasteiger partial charge in [0.25, 0.3) is 0 Å². The fourth-order valence-electron chi connectivity index (χ4n) is 4.88. The summed E-state index contributed by atoms with van der Waals surface area (Å²) in [7, 11) is -5.10. The van der Waals surface area contributed by atoms with Crippen molar-refractivity contribution in [1.82, 2.24) is 19.6 Å². The summed E-state index contributed by atoms with van der Waals surface area (Å²) >= 11 is 0.442. The molecule has 16 nitrogen and oxygen atoms in total. The van der Waals surface area contributed by atoms with Crippen molar-refractivity contribution >= 4 is 44.9 Å². The Labute approximate surface area is 345 Å². The molecular formula is C32H24N8Na2O8S2. The van der Waals surface area contributed by atoms with Gasteiger partial charge < -0.3 is 20.0 Å². The van der Waals surface area contributed by atoms with Crippen LogP contribution in [0, 0.1) is 13.8 Å². The quantitative estimate of drug-likeness (QED) is 0.0468. The normalized spacial score (nSPS) is 11.5. The monoisotopic (exact) mass is 758 g/mol. The van der Waals surface area contributed by atoms with Crippen LogP contribution in [0.1, 0.15) is 11.4 Å². The van der Waals surface area contributed by atoms with Crippen molar-refractivity contribution in [3.05, 3.63) is 108 Å². The predicted molar refractivity (Wildman–Crippen MR) is 176 cm³/mol. The summed E-state index contributed by atoms with van der Waals surface area (Å²) in [5.74, 6) is -0.537. The number of hydrogen-bond donors (Lipinski definition) is 2. The first kappa shape index (κ1) is 41.0. The second-order valence-corrected chi connectivity index (χ2v) is 12.5. The van der Waals surface area contributed by atoms with Gasteiger partial charge >= 0.3 is 59.1 Å². The van der Waals surface area contributed by atoms with Crippen molar-refractivity contribution in [2.24, 2.45) is 20.5 Å². The van der Waals surface area contributed by atoms with Crippen LogP contribution in [-0.4, -0.2) is 42.7 Å². The van der Waals surface area contributed by atoms with E-state index >= 15 is 0 Å². The Hall–Kier alpha value is -3.76. The van der Waals surface area contributed by atoms with Gasteiger partial charge in [-0.2, -0.15) is 34.1 Å². The molecule has 0 saturated carbocycles. The summed E-state index contributed by atoms with van der Waals surface area (Å²) in [6.07, 6.45) is 0. The molecule has 0 bridgehead atoms. The Morgan fingerprint density at radius 3 is 1.62 bits per heavy atom. The molecule has 0 aliphatic carbocycles. The largest absolute Gasteiger partial charge is 1.00 e. The van der Waals surface area contributed by atoms with Crippen LogP contribution in [0.4, 0.5) is 22.7 Å². The van der Waals surface area contributed by atoms with Gasteiger partial charge in [0, 0.05) is 10.5 Å². The van der Waals surface area contributed by atoms with Gasteiger partial charge in [-0.25, -0.2) is 8.42 Å². The molecule has 2 heterocycles. The van der Waals surface area contributed by atoms with Gasteiger partial charge in [-0.3, -0.25) is 5.04 Å². The zero-order valence-electron chi connectivity index (χ0n) is 28.0. The number of azo groups is 2. The molecule has 0 amide bonds. The first-order valence-corrected chi connectivity index (χ1v) is 16.6. The summed E-state index contributed by atoms with van der Waals surface area (Å²) in [6, 6.07) is 25.8. The van der Waals surface area contributed by atoms with E-state index in [0.717, 1.165) is 6.07 Å². The second kappa shape index (κ2) is 17.8. The van der Waals surface area contributed by atoms with Crippen molar-refractivity contribution in [2.75, 3.05) is 0 Å². The van der Waals surface area contributed by atoms with Crippen molar-refractivity contribution in [1.29, 1.82) is 0 Å². The average molecular weight is 759 g/mol. The molecule has 4 aromatic carbocycles. The topological polar surface area (TPSA) is 224 Å². The standard InChI is InChI=1S/C32H26N8O8S2.2Na/c1-19-29(31(41)39(37-19)23-9-5-3-6-10-23)35-33-21-13-15-25(27(17-21)49-48-47-43)26-16-14-22(18-28(26)50(44,45)46)34-36-30-20(2)38-40(32(30)42)24-11-7-4-8-12-24;;/h3-18,41-43H,1-2H3,(H,44,45,46);;/q;2*+1/p-2. The molecule has 0 fully saturated rings. The number of hydrogen-bond acceptors (Lipinski definition) is 15. The minimum Gasteiger partial charge on any atom is -0.744 e. The number of aromatic nitrogens is 4. The minimum atomic E-state index is -5.10. The number of aromatic hydroxyl groups is 2. The van der Waals surface area contributed by atoms with E-state index in [-0.39, 0.29) is 110 Å². The number of nitrogens with zero attached hydrogens (tertiary/aromatic N) is 8. The molecule has 254 valence electrons. The predicted octanol–water partition coefficient (Wildman–Crippen LogP) is 0.727. The van der Waals surface area contributed by atoms with Gasteiger partial charge in [-0.1, -0.05) is 48.5 Å². The number of benzene rings is 4. The second-order valence-electron chi connectivity index (χ2n) is 10.4.